The zero-order chi connectivity index (χ0) is 20.9. The van der Waals surface area contributed by atoms with E-state index in [4.69, 9.17) is 0 Å². The maximum atomic E-state index is 13.1. The van der Waals surface area contributed by atoms with Crippen molar-refractivity contribution in [1.82, 2.24) is 4.98 Å². The normalized spacial score (nSPS) is 25.3. The van der Waals surface area contributed by atoms with E-state index >= 15 is 0 Å². The largest absolute Gasteiger partial charge is 0.481 e. The molecule has 2 aliphatic carbocycles. The third kappa shape index (κ3) is 3.39. The Labute approximate surface area is 174 Å². The van der Waals surface area contributed by atoms with Crippen LogP contribution in [-0.4, -0.2) is 22.0 Å². The number of benzene rings is 1. The number of nitrogens with one attached hydrogen (secondary N) is 1. The van der Waals surface area contributed by atoms with Crippen LogP contribution in [-0.2, 0) is 9.59 Å². The van der Waals surface area contributed by atoms with Gasteiger partial charge in [0.2, 0.25) is 5.91 Å². The molecule has 4 atom stereocenters. The standard InChI is InChI=1S/C23H26N2O3S/c1-11(2)18-15-7-8-16(18)20(22(27)28)19(15)21(26)25-23-24-17(10-29-23)14-6-5-12(3)13(4)9-14/h5-6,9-10,15-16,19-20H,7-8H2,1-4H3,(H,27,28)(H,24,25,26)/t15-,16+,19+,20+/m0/s1. The molecule has 152 valence electrons. The fraction of sp³-hybridized carbons (Fsp3) is 0.435. The van der Waals surface area contributed by atoms with E-state index in [1.807, 2.05) is 25.3 Å². The summed E-state index contributed by atoms with van der Waals surface area (Å²) < 4.78 is 0. The Kier molecular flexibility index (Phi) is 5.07. The van der Waals surface area contributed by atoms with Gasteiger partial charge in [-0.2, -0.15) is 0 Å². The average molecular weight is 411 g/mol. The van der Waals surface area contributed by atoms with Crippen LogP contribution in [0.2, 0.25) is 0 Å². The molecular formula is C23H26N2O3S. The van der Waals surface area contributed by atoms with Gasteiger partial charge in [-0.15, -0.1) is 11.3 Å². The fourth-order valence-corrected chi connectivity index (χ4v) is 5.88. The molecular weight excluding hydrogens is 384 g/mol. The van der Waals surface area contributed by atoms with Crippen molar-refractivity contribution in [2.45, 2.75) is 40.5 Å². The van der Waals surface area contributed by atoms with E-state index < -0.39 is 17.8 Å². The summed E-state index contributed by atoms with van der Waals surface area (Å²) in [7, 11) is 0. The van der Waals surface area contributed by atoms with Crippen LogP contribution in [0.3, 0.4) is 0 Å². The zero-order valence-corrected chi connectivity index (χ0v) is 18.0. The van der Waals surface area contributed by atoms with Gasteiger partial charge in [-0.05, 0) is 69.6 Å². The molecule has 5 nitrogen and oxygen atoms in total. The lowest BCUT2D eigenvalue weighted by Crippen LogP contribution is -2.37. The molecule has 2 aliphatic rings. The lowest BCUT2D eigenvalue weighted by molar-refractivity contribution is -0.148. The molecule has 0 unspecified atom stereocenters. The van der Waals surface area contributed by atoms with Gasteiger partial charge in [-0.3, -0.25) is 9.59 Å². The lowest BCUT2D eigenvalue weighted by atomic mass is 9.79. The quantitative estimate of drug-likeness (QED) is 0.691. The molecule has 0 spiro atoms. The van der Waals surface area contributed by atoms with Crippen molar-refractivity contribution in [2.24, 2.45) is 23.7 Å². The van der Waals surface area contributed by atoms with E-state index in [0.717, 1.165) is 29.7 Å². The number of aromatic nitrogens is 1. The van der Waals surface area contributed by atoms with Crippen LogP contribution in [0, 0.1) is 37.5 Å². The van der Waals surface area contributed by atoms with Crippen molar-refractivity contribution in [3.05, 3.63) is 45.9 Å². The van der Waals surface area contributed by atoms with Gasteiger partial charge in [0, 0.05) is 10.9 Å². The van der Waals surface area contributed by atoms with Gasteiger partial charge in [0.05, 0.1) is 17.5 Å². The summed E-state index contributed by atoms with van der Waals surface area (Å²) >= 11 is 1.38. The lowest BCUT2D eigenvalue weighted by Gasteiger charge is -2.25. The maximum absolute atomic E-state index is 13.1. The first-order chi connectivity index (χ1) is 13.8. The predicted octanol–water partition coefficient (Wildman–Crippen LogP) is 5.06. The number of amides is 1. The van der Waals surface area contributed by atoms with Crippen LogP contribution in [0.5, 0.6) is 0 Å². The number of hydrogen-bond donors (Lipinski definition) is 2. The van der Waals surface area contributed by atoms with Gasteiger partial charge < -0.3 is 10.4 Å². The van der Waals surface area contributed by atoms with E-state index in [0.29, 0.717) is 5.13 Å². The number of thiazole rings is 1. The minimum atomic E-state index is -0.869. The van der Waals surface area contributed by atoms with Crippen molar-refractivity contribution < 1.29 is 14.7 Å². The minimum absolute atomic E-state index is 0.0133. The number of anilines is 1. The van der Waals surface area contributed by atoms with Crippen molar-refractivity contribution in [3.8, 4) is 11.3 Å². The van der Waals surface area contributed by atoms with E-state index in [-0.39, 0.29) is 17.7 Å². The summed E-state index contributed by atoms with van der Waals surface area (Å²) in [6, 6.07) is 6.18. The van der Waals surface area contributed by atoms with Crippen LogP contribution < -0.4 is 5.32 Å². The highest BCUT2D eigenvalue weighted by atomic mass is 32.1. The maximum Gasteiger partial charge on any atom is 0.307 e. The Balaban J connectivity index is 1.57. The Bertz CT molecular complexity index is 1020. The van der Waals surface area contributed by atoms with Gasteiger partial charge in [-0.25, -0.2) is 4.98 Å². The molecule has 2 bridgehead atoms. The third-order valence-corrected chi connectivity index (χ3v) is 7.30. The van der Waals surface area contributed by atoms with E-state index in [2.05, 4.69) is 36.3 Å². The summed E-state index contributed by atoms with van der Waals surface area (Å²) in [5, 5.41) is 15.2. The second kappa shape index (κ2) is 7.41. The first-order valence-electron chi connectivity index (χ1n) is 10.0. The Morgan fingerprint density at radius 2 is 1.79 bits per heavy atom. The SMILES string of the molecule is CC(C)=C1[C@H]2CC[C@@H]1[C@@H](C(=O)Nc1nc(-c3ccc(C)c(C)c3)cs1)[C@@H]2C(=O)O. The number of aliphatic carboxylic acids is 1. The number of carbonyl (C=O) groups excluding carboxylic acids is 1. The molecule has 2 aromatic rings. The van der Waals surface area contributed by atoms with Crippen molar-refractivity contribution >= 4 is 28.3 Å². The summed E-state index contributed by atoms with van der Waals surface area (Å²) in [6.45, 7) is 8.18. The first kappa shape index (κ1) is 19.8. The number of aryl methyl sites for hydroxylation is 2. The van der Waals surface area contributed by atoms with Gasteiger partial charge in [0.15, 0.2) is 5.13 Å². The molecule has 1 aromatic carbocycles. The summed E-state index contributed by atoms with van der Waals surface area (Å²) in [5.41, 5.74) is 6.60. The molecule has 2 fully saturated rings. The minimum Gasteiger partial charge on any atom is -0.481 e. The van der Waals surface area contributed by atoms with Crippen LogP contribution >= 0.6 is 11.3 Å². The molecule has 4 rings (SSSR count). The number of nitrogens with zero attached hydrogens (tertiary/aromatic N) is 1. The zero-order valence-electron chi connectivity index (χ0n) is 17.2. The number of carbonyl (C=O) groups is 2. The molecule has 0 radical (unpaired) electrons. The molecule has 29 heavy (non-hydrogen) atoms. The number of fused-ring (bicyclic) bond motifs is 2. The highest BCUT2D eigenvalue weighted by Gasteiger charge is 2.57. The number of rotatable bonds is 4. The molecule has 0 saturated heterocycles. The van der Waals surface area contributed by atoms with Gasteiger partial charge in [-0.1, -0.05) is 23.3 Å². The van der Waals surface area contributed by atoms with E-state index in [1.54, 1.807) is 0 Å². The van der Waals surface area contributed by atoms with Crippen LogP contribution in [0.1, 0.15) is 37.8 Å². The van der Waals surface area contributed by atoms with Crippen molar-refractivity contribution in [3.63, 3.8) is 0 Å². The average Bonchev–Trinajstić information content (AvgIpc) is 3.36. The second-order valence-corrected chi connectivity index (χ2v) is 9.32. The molecule has 0 aliphatic heterocycles. The van der Waals surface area contributed by atoms with E-state index in [9.17, 15) is 14.7 Å². The summed E-state index contributed by atoms with van der Waals surface area (Å²) in [4.78, 5) is 29.6. The van der Waals surface area contributed by atoms with Crippen LogP contribution in [0.25, 0.3) is 11.3 Å². The van der Waals surface area contributed by atoms with Crippen LogP contribution in [0.15, 0.2) is 34.7 Å². The number of carboxylic acids is 1. The summed E-state index contributed by atoms with van der Waals surface area (Å²) in [5.74, 6) is -2.23. The Morgan fingerprint density at radius 3 is 2.41 bits per heavy atom. The number of allylic oxidation sites excluding steroid dienone is 2. The monoisotopic (exact) mass is 410 g/mol. The number of carboxylic acid groups (broad SMARTS) is 1. The Hall–Kier alpha value is -2.47. The summed E-state index contributed by atoms with van der Waals surface area (Å²) in [6.07, 6.45) is 1.75. The molecule has 1 amide bonds. The Morgan fingerprint density at radius 1 is 1.10 bits per heavy atom. The molecule has 1 heterocycles. The van der Waals surface area contributed by atoms with Crippen molar-refractivity contribution in [2.75, 3.05) is 5.32 Å². The smallest absolute Gasteiger partial charge is 0.307 e. The van der Waals surface area contributed by atoms with Gasteiger partial charge in [0.1, 0.15) is 0 Å². The van der Waals surface area contributed by atoms with Crippen LogP contribution in [0.4, 0.5) is 5.13 Å². The molecule has 1 aromatic heterocycles. The molecule has 2 N–H and O–H groups in total. The van der Waals surface area contributed by atoms with Gasteiger partial charge >= 0.3 is 5.97 Å². The fourth-order valence-electron chi connectivity index (χ4n) is 5.16. The van der Waals surface area contributed by atoms with E-state index in [1.165, 1.54) is 28.0 Å². The number of hydrogen-bond acceptors (Lipinski definition) is 4. The highest BCUT2D eigenvalue weighted by molar-refractivity contribution is 7.14. The molecule has 6 heteroatoms. The van der Waals surface area contributed by atoms with Crippen molar-refractivity contribution in [1.29, 1.82) is 0 Å². The van der Waals surface area contributed by atoms with Gasteiger partial charge in [0.25, 0.3) is 0 Å². The third-order valence-electron chi connectivity index (χ3n) is 6.54. The first-order valence-corrected chi connectivity index (χ1v) is 10.9. The highest BCUT2D eigenvalue weighted by Crippen LogP contribution is 2.57. The molecule has 2 saturated carbocycles. The topological polar surface area (TPSA) is 79.3 Å². The predicted molar refractivity (Wildman–Crippen MR) is 115 cm³/mol. The second-order valence-electron chi connectivity index (χ2n) is 8.46.